The number of likely N-dealkylation sites (tertiary alicyclic amines) is 1. The van der Waals surface area contributed by atoms with E-state index in [1.807, 2.05) is 0 Å². The number of carboxylic acid groups (broad SMARTS) is 1. The summed E-state index contributed by atoms with van der Waals surface area (Å²) in [6.07, 6.45) is 0.715. The van der Waals surface area contributed by atoms with E-state index in [4.69, 9.17) is 5.11 Å². The number of rotatable bonds is 3. The molecule has 2 amide bonds. The van der Waals surface area contributed by atoms with Crippen molar-refractivity contribution in [3.05, 3.63) is 0 Å². The van der Waals surface area contributed by atoms with Gasteiger partial charge in [-0.15, -0.1) is 0 Å². The number of carboxylic acids is 1. The number of amides is 2. The molecule has 2 bridgehead atoms. The van der Waals surface area contributed by atoms with Gasteiger partial charge < -0.3 is 5.11 Å². The summed E-state index contributed by atoms with van der Waals surface area (Å²) in [5.41, 5.74) is 0. The Hall–Kier alpha value is -0.430. The van der Waals surface area contributed by atoms with Crippen molar-refractivity contribution in [1.29, 1.82) is 0 Å². The lowest BCUT2D eigenvalue weighted by Crippen LogP contribution is -2.37. The lowest BCUT2D eigenvalue weighted by Gasteiger charge is -2.28. The first-order valence-corrected chi connectivity index (χ1v) is 8.11. The zero-order chi connectivity index (χ0) is 13.9. The van der Waals surface area contributed by atoms with Crippen LogP contribution in [0.4, 0.5) is 0 Å². The van der Waals surface area contributed by atoms with E-state index < -0.39 is 5.97 Å². The molecule has 0 unspecified atom stereocenters. The highest BCUT2D eigenvalue weighted by Crippen LogP contribution is 2.60. The fourth-order valence-corrected chi connectivity index (χ4v) is 5.71. The van der Waals surface area contributed by atoms with Gasteiger partial charge in [-0.05, 0) is 18.3 Å². The summed E-state index contributed by atoms with van der Waals surface area (Å²) in [5, 5.41) is 8.69. The molecule has 3 rings (SSSR count). The molecule has 3 aliphatic rings. The molecule has 7 heteroatoms. The summed E-state index contributed by atoms with van der Waals surface area (Å²) in [6, 6.07) is 0. The van der Waals surface area contributed by atoms with Crippen molar-refractivity contribution < 1.29 is 19.5 Å². The third kappa shape index (κ3) is 1.81. The number of fused-ring (bicyclic) bond motifs is 5. The van der Waals surface area contributed by atoms with Gasteiger partial charge in [0.25, 0.3) is 0 Å². The Morgan fingerprint density at radius 1 is 1.16 bits per heavy atom. The molecule has 1 heterocycles. The van der Waals surface area contributed by atoms with Crippen molar-refractivity contribution in [2.24, 2.45) is 23.7 Å². The molecule has 5 nitrogen and oxygen atoms in total. The highest BCUT2D eigenvalue weighted by Gasteiger charge is 2.66. The summed E-state index contributed by atoms with van der Waals surface area (Å²) in [6.45, 7) is -0.000650. The van der Waals surface area contributed by atoms with Crippen LogP contribution in [0, 0.1) is 23.7 Å². The first kappa shape index (κ1) is 13.5. The topological polar surface area (TPSA) is 74.7 Å². The van der Waals surface area contributed by atoms with Gasteiger partial charge in [0.15, 0.2) is 0 Å². The SMILES string of the molecule is O=C(O)CCN1C(=O)[C@@H]2[C@H]3C[C@@H]([C@H](Br)[C@@H]3Br)[C@@H]2C1=O. The molecule has 1 N–H and O–H groups in total. The fourth-order valence-electron chi connectivity index (χ4n) is 3.84. The molecule has 2 aliphatic carbocycles. The number of carbonyl (C=O) groups excluding carboxylic acids is 2. The predicted octanol–water partition coefficient (Wildman–Crippen LogP) is 1.24. The third-order valence-corrected chi connectivity index (χ3v) is 7.83. The first-order valence-electron chi connectivity index (χ1n) is 6.28. The number of imide groups is 1. The minimum absolute atomic E-state index is 0.000650. The predicted molar refractivity (Wildman–Crippen MR) is 73.0 cm³/mol. The van der Waals surface area contributed by atoms with Crippen LogP contribution < -0.4 is 0 Å². The van der Waals surface area contributed by atoms with Crippen LogP contribution in [0.1, 0.15) is 12.8 Å². The first-order chi connectivity index (χ1) is 8.93. The van der Waals surface area contributed by atoms with Crippen LogP contribution in [-0.4, -0.2) is 44.0 Å². The van der Waals surface area contributed by atoms with Gasteiger partial charge in [-0.3, -0.25) is 19.3 Å². The average Bonchev–Trinajstić information content (AvgIpc) is 2.93. The van der Waals surface area contributed by atoms with E-state index in [0.717, 1.165) is 11.3 Å². The number of carbonyl (C=O) groups is 3. The van der Waals surface area contributed by atoms with Crippen LogP contribution >= 0.6 is 31.9 Å². The van der Waals surface area contributed by atoms with Gasteiger partial charge in [-0.1, -0.05) is 31.9 Å². The maximum Gasteiger partial charge on any atom is 0.305 e. The van der Waals surface area contributed by atoms with Gasteiger partial charge in [-0.2, -0.15) is 0 Å². The second-order valence-corrected chi connectivity index (χ2v) is 7.59. The zero-order valence-corrected chi connectivity index (χ0v) is 13.1. The summed E-state index contributed by atoms with van der Waals surface area (Å²) in [5.74, 6) is -1.46. The van der Waals surface area contributed by atoms with Gasteiger partial charge in [0.05, 0.1) is 18.3 Å². The monoisotopic (exact) mass is 393 g/mol. The van der Waals surface area contributed by atoms with Gasteiger partial charge in [0.1, 0.15) is 0 Å². The van der Waals surface area contributed by atoms with Crippen LogP contribution in [0.25, 0.3) is 0 Å². The second-order valence-electron chi connectivity index (χ2n) is 5.48. The Morgan fingerprint density at radius 2 is 1.63 bits per heavy atom. The van der Waals surface area contributed by atoms with E-state index in [-0.39, 0.29) is 58.1 Å². The van der Waals surface area contributed by atoms with E-state index in [0.29, 0.717) is 0 Å². The molecular formula is C12H13Br2NO4. The summed E-state index contributed by atoms with van der Waals surface area (Å²) in [7, 11) is 0. The Morgan fingerprint density at radius 3 is 2.05 bits per heavy atom. The van der Waals surface area contributed by atoms with Crippen LogP contribution in [0.2, 0.25) is 0 Å². The van der Waals surface area contributed by atoms with Crippen LogP contribution in [0.15, 0.2) is 0 Å². The maximum absolute atomic E-state index is 12.3. The maximum atomic E-state index is 12.3. The largest absolute Gasteiger partial charge is 0.481 e. The van der Waals surface area contributed by atoms with Crippen molar-refractivity contribution in [2.75, 3.05) is 6.54 Å². The van der Waals surface area contributed by atoms with E-state index in [1.54, 1.807) is 0 Å². The van der Waals surface area contributed by atoms with Crippen molar-refractivity contribution in [2.45, 2.75) is 22.5 Å². The Labute approximate surface area is 127 Å². The molecule has 2 saturated carbocycles. The third-order valence-electron chi connectivity index (χ3n) is 4.63. The van der Waals surface area contributed by atoms with Crippen LogP contribution in [-0.2, 0) is 14.4 Å². The minimum atomic E-state index is -0.989. The Balaban J connectivity index is 1.83. The van der Waals surface area contributed by atoms with Crippen molar-refractivity contribution in [3.63, 3.8) is 0 Å². The Bertz CT molecular complexity index is 437. The van der Waals surface area contributed by atoms with Gasteiger partial charge in [0.2, 0.25) is 11.8 Å². The van der Waals surface area contributed by atoms with Crippen molar-refractivity contribution >= 4 is 49.6 Å². The number of alkyl halides is 2. The number of hydrogen-bond donors (Lipinski definition) is 1. The van der Waals surface area contributed by atoms with Crippen molar-refractivity contribution in [3.8, 4) is 0 Å². The minimum Gasteiger partial charge on any atom is -0.481 e. The van der Waals surface area contributed by atoms with Crippen LogP contribution in [0.3, 0.4) is 0 Å². The number of nitrogens with zero attached hydrogens (tertiary/aromatic N) is 1. The molecular weight excluding hydrogens is 382 g/mol. The molecule has 0 aromatic heterocycles. The quantitative estimate of drug-likeness (QED) is 0.577. The smallest absolute Gasteiger partial charge is 0.305 e. The van der Waals surface area contributed by atoms with Gasteiger partial charge in [0, 0.05) is 16.2 Å². The zero-order valence-electron chi connectivity index (χ0n) is 9.96. The molecule has 0 aromatic carbocycles. The summed E-state index contributed by atoms with van der Waals surface area (Å²) in [4.78, 5) is 36.8. The van der Waals surface area contributed by atoms with Crippen molar-refractivity contribution in [1.82, 2.24) is 4.90 Å². The Kier molecular flexibility index (Phi) is 3.24. The van der Waals surface area contributed by atoms with E-state index in [2.05, 4.69) is 31.9 Å². The lowest BCUT2D eigenvalue weighted by atomic mass is 9.81. The lowest BCUT2D eigenvalue weighted by molar-refractivity contribution is -0.142. The number of halogens is 2. The van der Waals surface area contributed by atoms with Crippen LogP contribution in [0.5, 0.6) is 0 Å². The molecule has 104 valence electrons. The van der Waals surface area contributed by atoms with E-state index in [9.17, 15) is 14.4 Å². The highest BCUT2D eigenvalue weighted by molar-refractivity contribution is 9.12. The molecule has 0 radical (unpaired) electrons. The molecule has 3 fully saturated rings. The molecule has 1 saturated heterocycles. The fraction of sp³-hybridized carbons (Fsp3) is 0.750. The normalized spacial score (nSPS) is 44.0. The molecule has 19 heavy (non-hydrogen) atoms. The molecule has 1 aliphatic heterocycles. The van der Waals surface area contributed by atoms with E-state index in [1.165, 1.54) is 0 Å². The number of hydrogen-bond acceptors (Lipinski definition) is 3. The summed E-state index contributed by atoms with van der Waals surface area (Å²) < 4.78 is 0. The molecule has 0 spiro atoms. The second kappa shape index (κ2) is 4.55. The van der Waals surface area contributed by atoms with Gasteiger partial charge >= 0.3 is 5.97 Å². The van der Waals surface area contributed by atoms with Gasteiger partial charge in [-0.25, -0.2) is 0 Å². The average molecular weight is 395 g/mol. The highest BCUT2D eigenvalue weighted by atomic mass is 79.9. The van der Waals surface area contributed by atoms with E-state index >= 15 is 0 Å². The molecule has 6 atom stereocenters. The standard InChI is InChI=1S/C12H13Br2NO4/c13-9-4-3-5(10(9)14)8-7(4)11(18)15(12(8)19)2-1-6(16)17/h4-5,7-10H,1-3H2,(H,16,17)/t4-,5-,7-,8+,9-,10+/m1/s1. The number of aliphatic carboxylic acids is 1. The summed E-state index contributed by atoms with van der Waals surface area (Å²) >= 11 is 7.21. The molecule has 0 aromatic rings.